The number of rotatable bonds is 4. The predicted octanol–water partition coefficient (Wildman–Crippen LogP) is 2.87. The van der Waals surface area contributed by atoms with Crippen molar-refractivity contribution >= 4 is 28.8 Å². The van der Waals surface area contributed by atoms with E-state index in [1.54, 1.807) is 0 Å². The van der Waals surface area contributed by atoms with Crippen LogP contribution in [0.5, 0.6) is 0 Å². The van der Waals surface area contributed by atoms with Gasteiger partial charge in [-0.05, 0) is 30.5 Å². The Morgan fingerprint density at radius 3 is 2.95 bits per heavy atom. The van der Waals surface area contributed by atoms with Gasteiger partial charge in [-0.3, -0.25) is 10.2 Å². The lowest BCUT2D eigenvalue weighted by atomic mass is 10.1. The maximum absolute atomic E-state index is 11.8. The molecule has 0 aliphatic heterocycles. The zero-order chi connectivity index (χ0) is 14.1. The smallest absolute Gasteiger partial charge is 0.277 e. The van der Waals surface area contributed by atoms with Gasteiger partial charge in [0.15, 0.2) is 0 Å². The highest BCUT2D eigenvalue weighted by atomic mass is 35.5. The molecule has 0 radical (unpaired) electrons. The number of hydrogen-bond donors (Lipinski definition) is 2. The lowest BCUT2D eigenvalue weighted by Crippen LogP contribution is -2.30. The van der Waals surface area contributed by atoms with Crippen LogP contribution in [0.1, 0.15) is 44.7 Å². The van der Waals surface area contributed by atoms with Gasteiger partial charge in [-0.1, -0.05) is 23.7 Å². The Labute approximate surface area is 125 Å². The summed E-state index contributed by atoms with van der Waals surface area (Å²) in [7, 11) is 0. The van der Waals surface area contributed by atoms with E-state index in [0.29, 0.717) is 22.2 Å². The van der Waals surface area contributed by atoms with E-state index in [2.05, 4.69) is 10.4 Å². The van der Waals surface area contributed by atoms with E-state index in [4.69, 9.17) is 17.4 Å². The molecule has 1 fully saturated rings. The molecule has 2 aromatic rings. The number of carbonyl (C=O) groups is 1. The summed E-state index contributed by atoms with van der Waals surface area (Å²) >= 11 is 7.40. The van der Waals surface area contributed by atoms with Crippen LogP contribution in [0, 0.1) is 0 Å². The molecule has 3 rings (SSSR count). The van der Waals surface area contributed by atoms with E-state index < -0.39 is 0 Å². The fraction of sp³-hybridized carbons (Fsp3) is 0.286. The minimum Gasteiger partial charge on any atom is -0.289 e. The first-order valence-corrected chi connectivity index (χ1v) is 7.62. The van der Waals surface area contributed by atoms with Crippen LogP contribution >= 0.6 is 22.9 Å². The first kappa shape index (κ1) is 13.5. The molecule has 1 aromatic heterocycles. The number of benzene rings is 1. The van der Waals surface area contributed by atoms with Crippen LogP contribution < -0.4 is 11.3 Å². The van der Waals surface area contributed by atoms with Gasteiger partial charge in [0.25, 0.3) is 5.91 Å². The van der Waals surface area contributed by atoms with Gasteiger partial charge in [-0.2, -0.15) is 0 Å². The van der Waals surface area contributed by atoms with Gasteiger partial charge in [-0.15, -0.1) is 11.3 Å². The second-order valence-corrected chi connectivity index (χ2v) is 6.40. The van der Waals surface area contributed by atoms with Gasteiger partial charge in [-0.25, -0.2) is 10.8 Å². The van der Waals surface area contributed by atoms with Gasteiger partial charge < -0.3 is 0 Å². The number of nitrogens with two attached hydrogens (primary N) is 1. The number of nitrogen functional groups attached to an aromatic ring is 1. The summed E-state index contributed by atoms with van der Waals surface area (Å²) in [4.78, 5) is 17.1. The van der Waals surface area contributed by atoms with Crippen LogP contribution in [0.15, 0.2) is 24.3 Å². The Morgan fingerprint density at radius 1 is 1.50 bits per heavy atom. The molecule has 1 heterocycles. The number of thiazole rings is 1. The van der Waals surface area contributed by atoms with Crippen LogP contribution in [-0.4, -0.2) is 10.9 Å². The molecular formula is C14H14ClN3OS. The average molecular weight is 308 g/mol. The number of hydrogen-bond acceptors (Lipinski definition) is 4. The maximum atomic E-state index is 11.8. The number of amides is 1. The standard InChI is InChI=1S/C14H14ClN3OS/c15-10-3-1-2-8(6-10)7-11-17-12(9-4-5-9)13(20-11)14(19)18-16/h1-3,6,9H,4-5,7,16H2,(H,18,19). The summed E-state index contributed by atoms with van der Waals surface area (Å²) in [6.07, 6.45) is 2.89. The van der Waals surface area contributed by atoms with E-state index in [9.17, 15) is 4.79 Å². The van der Waals surface area contributed by atoms with Crippen molar-refractivity contribution in [3.05, 3.63) is 50.4 Å². The number of halogens is 1. The second kappa shape index (κ2) is 5.52. The molecule has 3 N–H and O–H groups in total. The van der Waals surface area contributed by atoms with E-state index in [0.717, 1.165) is 29.1 Å². The molecule has 4 nitrogen and oxygen atoms in total. The van der Waals surface area contributed by atoms with Gasteiger partial charge in [0.2, 0.25) is 0 Å². The Morgan fingerprint density at radius 2 is 2.30 bits per heavy atom. The van der Waals surface area contributed by atoms with Crippen LogP contribution in [0.4, 0.5) is 0 Å². The molecular weight excluding hydrogens is 294 g/mol. The van der Waals surface area contributed by atoms with E-state index in [1.165, 1.54) is 11.3 Å². The fourth-order valence-corrected chi connectivity index (χ4v) is 3.44. The Balaban J connectivity index is 1.88. The molecule has 1 aliphatic rings. The highest BCUT2D eigenvalue weighted by Gasteiger charge is 2.31. The van der Waals surface area contributed by atoms with Crippen LogP contribution in [0.3, 0.4) is 0 Å². The molecule has 0 spiro atoms. The Kier molecular flexibility index (Phi) is 3.74. The first-order valence-electron chi connectivity index (χ1n) is 6.42. The Hall–Kier alpha value is -1.43. The monoisotopic (exact) mass is 307 g/mol. The third-order valence-electron chi connectivity index (χ3n) is 3.24. The third-order valence-corrected chi connectivity index (χ3v) is 4.55. The number of aromatic nitrogens is 1. The van der Waals surface area contributed by atoms with Crippen molar-refractivity contribution in [3.8, 4) is 0 Å². The zero-order valence-electron chi connectivity index (χ0n) is 10.7. The molecule has 0 atom stereocenters. The first-order chi connectivity index (χ1) is 9.67. The van der Waals surface area contributed by atoms with Crippen LogP contribution in [0.2, 0.25) is 5.02 Å². The Bertz CT molecular complexity index is 652. The third kappa shape index (κ3) is 2.85. The zero-order valence-corrected chi connectivity index (χ0v) is 12.3. The van der Waals surface area contributed by atoms with Gasteiger partial charge in [0.05, 0.1) is 10.7 Å². The molecule has 1 amide bonds. The summed E-state index contributed by atoms with van der Waals surface area (Å²) in [6.45, 7) is 0. The number of hydrazine groups is 1. The summed E-state index contributed by atoms with van der Waals surface area (Å²) in [6, 6.07) is 7.69. The number of carbonyl (C=O) groups excluding carboxylic acids is 1. The number of nitrogens with zero attached hydrogens (tertiary/aromatic N) is 1. The second-order valence-electron chi connectivity index (χ2n) is 4.88. The highest BCUT2D eigenvalue weighted by Crippen LogP contribution is 2.42. The molecule has 1 saturated carbocycles. The summed E-state index contributed by atoms with van der Waals surface area (Å²) in [5, 5.41) is 1.63. The topological polar surface area (TPSA) is 68.0 Å². The fourth-order valence-electron chi connectivity index (χ4n) is 2.14. The molecule has 0 unspecified atom stereocenters. The largest absolute Gasteiger partial charge is 0.289 e. The van der Waals surface area contributed by atoms with E-state index in [1.807, 2.05) is 24.3 Å². The van der Waals surface area contributed by atoms with Gasteiger partial charge in [0, 0.05) is 17.4 Å². The van der Waals surface area contributed by atoms with Crippen molar-refractivity contribution in [2.45, 2.75) is 25.2 Å². The highest BCUT2D eigenvalue weighted by molar-refractivity contribution is 7.13. The predicted molar refractivity (Wildman–Crippen MR) is 80.0 cm³/mol. The van der Waals surface area contributed by atoms with E-state index in [-0.39, 0.29) is 5.91 Å². The lowest BCUT2D eigenvalue weighted by Gasteiger charge is -1.98. The molecule has 6 heteroatoms. The van der Waals surface area contributed by atoms with Crippen molar-refractivity contribution in [1.29, 1.82) is 0 Å². The average Bonchev–Trinajstić information content (AvgIpc) is 3.20. The minimum atomic E-state index is -0.248. The van der Waals surface area contributed by atoms with Crippen LogP contribution in [-0.2, 0) is 6.42 Å². The quantitative estimate of drug-likeness (QED) is 0.518. The van der Waals surface area contributed by atoms with Crippen molar-refractivity contribution in [2.24, 2.45) is 5.84 Å². The van der Waals surface area contributed by atoms with Crippen LogP contribution in [0.25, 0.3) is 0 Å². The molecule has 20 heavy (non-hydrogen) atoms. The van der Waals surface area contributed by atoms with Crippen molar-refractivity contribution in [2.75, 3.05) is 0 Å². The lowest BCUT2D eigenvalue weighted by molar-refractivity contribution is 0.0956. The molecule has 1 aromatic carbocycles. The summed E-state index contributed by atoms with van der Waals surface area (Å²) in [5.41, 5.74) is 4.19. The molecule has 0 bridgehead atoms. The molecule has 0 saturated heterocycles. The molecule has 104 valence electrons. The molecule has 1 aliphatic carbocycles. The van der Waals surface area contributed by atoms with Gasteiger partial charge >= 0.3 is 0 Å². The summed E-state index contributed by atoms with van der Waals surface area (Å²) in [5.74, 6) is 5.41. The minimum absolute atomic E-state index is 0.248. The normalized spacial score (nSPS) is 14.3. The van der Waals surface area contributed by atoms with Gasteiger partial charge in [0.1, 0.15) is 4.88 Å². The number of nitrogens with one attached hydrogen (secondary N) is 1. The SMILES string of the molecule is NNC(=O)c1sc(Cc2cccc(Cl)c2)nc1C1CC1. The van der Waals surface area contributed by atoms with Crippen molar-refractivity contribution in [1.82, 2.24) is 10.4 Å². The summed E-state index contributed by atoms with van der Waals surface area (Å²) < 4.78 is 0. The van der Waals surface area contributed by atoms with E-state index >= 15 is 0 Å². The van der Waals surface area contributed by atoms with Crippen molar-refractivity contribution < 1.29 is 4.79 Å². The van der Waals surface area contributed by atoms with Crippen molar-refractivity contribution in [3.63, 3.8) is 0 Å². The maximum Gasteiger partial charge on any atom is 0.277 e.